The number of hydrogen-bond donors (Lipinski definition) is 2. The zero-order chi connectivity index (χ0) is 22.2. The Hall–Kier alpha value is -1.84. The van der Waals surface area contributed by atoms with Gasteiger partial charge in [0.05, 0.1) is 11.1 Å². The molecule has 0 heterocycles. The summed E-state index contributed by atoms with van der Waals surface area (Å²) in [5.41, 5.74) is 1.01. The van der Waals surface area contributed by atoms with Crippen LogP contribution in [0.4, 0.5) is 0 Å². The van der Waals surface area contributed by atoms with Gasteiger partial charge in [0.2, 0.25) is 0 Å². The van der Waals surface area contributed by atoms with Crippen LogP contribution in [-0.2, 0) is 0 Å². The lowest BCUT2D eigenvalue weighted by molar-refractivity contribution is 0.0679. The Labute approximate surface area is 183 Å². The highest BCUT2D eigenvalue weighted by molar-refractivity contribution is 5.93. The maximum atomic E-state index is 11.5. The molecule has 4 nitrogen and oxygen atoms in total. The van der Waals surface area contributed by atoms with Crippen molar-refractivity contribution in [3.8, 4) is 0 Å². The van der Waals surface area contributed by atoms with E-state index in [1.807, 2.05) is 6.92 Å². The maximum absolute atomic E-state index is 11.5. The normalized spacial score (nSPS) is 12.1. The quantitative estimate of drug-likeness (QED) is 0.236. The summed E-state index contributed by atoms with van der Waals surface area (Å²) in [6, 6.07) is 4.32. The van der Waals surface area contributed by atoms with Crippen molar-refractivity contribution in [2.45, 2.75) is 116 Å². The fourth-order valence-corrected chi connectivity index (χ4v) is 4.10. The summed E-state index contributed by atoms with van der Waals surface area (Å²) >= 11 is 0. The van der Waals surface area contributed by atoms with Crippen molar-refractivity contribution >= 4 is 11.9 Å². The van der Waals surface area contributed by atoms with E-state index in [4.69, 9.17) is 0 Å². The van der Waals surface area contributed by atoms with Crippen molar-refractivity contribution in [2.75, 3.05) is 0 Å². The molecule has 0 bridgehead atoms. The number of unbranched alkanes of at least 4 members (excludes halogenated alkanes) is 13. The Bertz CT molecular complexity index is 623. The molecule has 2 N–H and O–H groups in total. The van der Waals surface area contributed by atoms with Crippen LogP contribution in [0.2, 0.25) is 0 Å². The number of carbonyl (C=O) groups is 2. The summed E-state index contributed by atoms with van der Waals surface area (Å²) < 4.78 is 0. The molecule has 30 heavy (non-hydrogen) atoms. The van der Waals surface area contributed by atoms with Crippen molar-refractivity contribution in [3.63, 3.8) is 0 Å². The molecule has 1 rings (SSSR count). The van der Waals surface area contributed by atoms with Gasteiger partial charge in [0.15, 0.2) is 0 Å². The fraction of sp³-hybridized carbons (Fsp3) is 0.692. The highest BCUT2D eigenvalue weighted by Gasteiger charge is 2.17. The monoisotopic (exact) mass is 418 g/mol. The number of hydrogen-bond acceptors (Lipinski definition) is 2. The van der Waals surface area contributed by atoms with Crippen LogP contribution in [0.15, 0.2) is 18.2 Å². The molecular weight excluding hydrogens is 376 g/mol. The van der Waals surface area contributed by atoms with E-state index in [-0.39, 0.29) is 17.0 Å². The van der Waals surface area contributed by atoms with E-state index in [0.717, 1.165) is 19.3 Å². The van der Waals surface area contributed by atoms with Crippen molar-refractivity contribution in [2.24, 2.45) is 0 Å². The van der Waals surface area contributed by atoms with Crippen molar-refractivity contribution < 1.29 is 19.8 Å². The summed E-state index contributed by atoms with van der Waals surface area (Å²) in [5, 5.41) is 18.6. The van der Waals surface area contributed by atoms with Crippen LogP contribution in [0.3, 0.4) is 0 Å². The smallest absolute Gasteiger partial charge is 0.335 e. The lowest BCUT2D eigenvalue weighted by Gasteiger charge is -2.15. The number of rotatable bonds is 18. The zero-order valence-electron chi connectivity index (χ0n) is 19.1. The standard InChI is InChI=1S/C26H42O4/c1-3-4-5-6-7-8-9-10-11-12-13-14-15-16-17-21(2)24-20-22(25(27)28)18-19-23(24)26(29)30/h18-21H,3-17H2,1-2H3,(H,27,28)(H,29,30). The van der Waals surface area contributed by atoms with Crippen LogP contribution in [0, 0.1) is 0 Å². The minimum Gasteiger partial charge on any atom is -0.478 e. The summed E-state index contributed by atoms with van der Waals surface area (Å²) in [6.45, 7) is 4.26. The van der Waals surface area contributed by atoms with Gasteiger partial charge < -0.3 is 10.2 Å². The molecule has 1 aromatic carbocycles. The predicted octanol–water partition coefficient (Wildman–Crippen LogP) is 8.06. The molecule has 0 aliphatic heterocycles. The summed E-state index contributed by atoms with van der Waals surface area (Å²) in [5.74, 6) is -1.96. The Kier molecular flexibility index (Phi) is 13.9. The van der Waals surface area contributed by atoms with Crippen molar-refractivity contribution in [1.29, 1.82) is 0 Å². The van der Waals surface area contributed by atoms with Crippen LogP contribution >= 0.6 is 0 Å². The molecular formula is C26H42O4. The SMILES string of the molecule is CCCCCCCCCCCCCCCCC(C)c1cc(C(=O)O)ccc1C(=O)O. The molecule has 0 aromatic heterocycles. The Morgan fingerprint density at radius 2 is 1.20 bits per heavy atom. The largest absolute Gasteiger partial charge is 0.478 e. The highest BCUT2D eigenvalue weighted by Crippen LogP contribution is 2.27. The molecule has 0 saturated heterocycles. The molecule has 0 saturated carbocycles. The topological polar surface area (TPSA) is 74.6 Å². The minimum atomic E-state index is -1.02. The lowest BCUT2D eigenvalue weighted by Crippen LogP contribution is -2.08. The molecule has 1 unspecified atom stereocenters. The predicted molar refractivity (Wildman–Crippen MR) is 124 cm³/mol. The van der Waals surface area contributed by atoms with Gasteiger partial charge in [0.25, 0.3) is 0 Å². The molecule has 4 heteroatoms. The molecule has 0 fully saturated rings. The zero-order valence-corrected chi connectivity index (χ0v) is 19.1. The van der Waals surface area contributed by atoms with E-state index in [2.05, 4.69) is 6.92 Å². The molecule has 0 radical (unpaired) electrons. The Balaban J connectivity index is 2.15. The summed E-state index contributed by atoms with van der Waals surface area (Å²) in [4.78, 5) is 22.7. The maximum Gasteiger partial charge on any atom is 0.335 e. The van der Waals surface area contributed by atoms with Gasteiger partial charge in [-0.1, -0.05) is 104 Å². The Morgan fingerprint density at radius 3 is 1.63 bits per heavy atom. The van der Waals surface area contributed by atoms with Gasteiger partial charge in [-0.05, 0) is 36.1 Å². The van der Waals surface area contributed by atoms with Gasteiger partial charge in [-0.2, -0.15) is 0 Å². The third kappa shape index (κ3) is 10.8. The average Bonchev–Trinajstić information content (AvgIpc) is 2.73. The van der Waals surface area contributed by atoms with Gasteiger partial charge >= 0.3 is 11.9 Å². The van der Waals surface area contributed by atoms with Gasteiger partial charge in [-0.15, -0.1) is 0 Å². The number of aromatic carboxylic acids is 2. The average molecular weight is 419 g/mol. The first kappa shape index (κ1) is 26.2. The molecule has 1 aromatic rings. The number of carboxylic acids is 2. The third-order valence-electron chi connectivity index (χ3n) is 6.05. The second-order valence-electron chi connectivity index (χ2n) is 8.70. The van der Waals surface area contributed by atoms with Gasteiger partial charge in [-0.25, -0.2) is 9.59 Å². The van der Waals surface area contributed by atoms with Crippen molar-refractivity contribution in [1.82, 2.24) is 0 Å². The van der Waals surface area contributed by atoms with Crippen LogP contribution in [0.1, 0.15) is 142 Å². The molecule has 1 atom stereocenters. The number of benzene rings is 1. The first-order valence-corrected chi connectivity index (χ1v) is 12.1. The molecule has 170 valence electrons. The minimum absolute atomic E-state index is 0.0488. The van der Waals surface area contributed by atoms with E-state index in [1.165, 1.54) is 95.2 Å². The van der Waals surface area contributed by atoms with Gasteiger partial charge in [0, 0.05) is 0 Å². The van der Waals surface area contributed by atoms with E-state index in [1.54, 1.807) is 0 Å². The second kappa shape index (κ2) is 15.9. The van der Waals surface area contributed by atoms with Crippen LogP contribution < -0.4 is 0 Å². The van der Waals surface area contributed by atoms with E-state index in [9.17, 15) is 19.8 Å². The van der Waals surface area contributed by atoms with Crippen LogP contribution in [0.25, 0.3) is 0 Å². The van der Waals surface area contributed by atoms with E-state index in [0.29, 0.717) is 5.56 Å². The van der Waals surface area contributed by atoms with Gasteiger partial charge in [0.1, 0.15) is 0 Å². The molecule has 0 aliphatic carbocycles. The molecule has 0 amide bonds. The second-order valence-corrected chi connectivity index (χ2v) is 8.70. The summed E-state index contributed by atoms with van der Waals surface area (Å²) in [6.07, 6.45) is 19.3. The van der Waals surface area contributed by atoms with E-state index >= 15 is 0 Å². The van der Waals surface area contributed by atoms with Gasteiger partial charge in [-0.3, -0.25) is 0 Å². The number of carboxylic acid groups (broad SMARTS) is 2. The molecule has 0 spiro atoms. The third-order valence-corrected chi connectivity index (χ3v) is 6.05. The fourth-order valence-electron chi connectivity index (χ4n) is 4.10. The van der Waals surface area contributed by atoms with Crippen LogP contribution in [0.5, 0.6) is 0 Å². The summed E-state index contributed by atoms with van der Waals surface area (Å²) in [7, 11) is 0. The first-order chi connectivity index (χ1) is 14.5. The first-order valence-electron chi connectivity index (χ1n) is 12.1. The highest BCUT2D eigenvalue weighted by atomic mass is 16.4. The lowest BCUT2D eigenvalue weighted by atomic mass is 9.89. The van der Waals surface area contributed by atoms with Crippen molar-refractivity contribution in [3.05, 3.63) is 34.9 Å². The van der Waals surface area contributed by atoms with Crippen LogP contribution in [-0.4, -0.2) is 22.2 Å². The Morgan fingerprint density at radius 1 is 0.733 bits per heavy atom. The molecule has 0 aliphatic rings. The van der Waals surface area contributed by atoms with E-state index < -0.39 is 11.9 Å².